The molecule has 2 N–H and O–H groups in total. The molecule has 1 aliphatic heterocycles. The highest BCUT2D eigenvalue weighted by molar-refractivity contribution is 6.06. The second-order valence-electron chi connectivity index (χ2n) is 7.79. The number of hydrogen-bond donors (Lipinski definition) is 2. The van der Waals surface area contributed by atoms with Gasteiger partial charge in [0.05, 0.1) is 24.0 Å². The number of ether oxygens (including phenoxy) is 1. The Morgan fingerprint density at radius 3 is 2.61 bits per heavy atom. The van der Waals surface area contributed by atoms with Gasteiger partial charge in [-0.05, 0) is 62.7 Å². The Bertz CT molecular complexity index is 1140. The zero-order chi connectivity index (χ0) is 22.1. The lowest BCUT2D eigenvalue weighted by Crippen LogP contribution is -2.29. The number of anilines is 2. The first-order valence-electron chi connectivity index (χ1n) is 10.0. The van der Waals surface area contributed by atoms with Crippen LogP contribution in [0.4, 0.5) is 20.2 Å². The van der Waals surface area contributed by atoms with Gasteiger partial charge in [-0.3, -0.25) is 4.98 Å². The number of halogens is 2. The van der Waals surface area contributed by atoms with Crippen molar-refractivity contribution < 1.29 is 23.4 Å². The molecule has 4 rings (SSSR count). The van der Waals surface area contributed by atoms with Crippen molar-refractivity contribution in [2.45, 2.75) is 18.8 Å². The Labute approximate surface area is 178 Å². The van der Waals surface area contributed by atoms with Gasteiger partial charge in [0.2, 0.25) is 0 Å². The quantitative estimate of drug-likeness (QED) is 0.611. The molecular formula is C23H23F2N3O3. The number of piperidine rings is 1. The molecule has 8 heteroatoms. The van der Waals surface area contributed by atoms with Crippen molar-refractivity contribution in [1.29, 1.82) is 0 Å². The highest BCUT2D eigenvalue weighted by Gasteiger charge is 2.24. The fraction of sp³-hybridized carbons (Fsp3) is 0.304. The van der Waals surface area contributed by atoms with E-state index >= 15 is 0 Å². The molecule has 0 radical (unpaired) electrons. The van der Waals surface area contributed by atoms with Crippen molar-refractivity contribution in [2.24, 2.45) is 0 Å². The van der Waals surface area contributed by atoms with Gasteiger partial charge in [0.25, 0.3) is 0 Å². The predicted molar refractivity (Wildman–Crippen MR) is 114 cm³/mol. The van der Waals surface area contributed by atoms with Crippen LogP contribution in [0.1, 0.15) is 34.7 Å². The number of rotatable bonds is 5. The van der Waals surface area contributed by atoms with Gasteiger partial charge in [-0.2, -0.15) is 0 Å². The maximum absolute atomic E-state index is 14.3. The maximum atomic E-state index is 14.3. The molecule has 2 heterocycles. The average Bonchev–Trinajstić information content (AvgIpc) is 2.75. The first-order valence-corrected chi connectivity index (χ1v) is 10.0. The Hall–Kier alpha value is -3.26. The van der Waals surface area contributed by atoms with E-state index in [2.05, 4.69) is 22.2 Å². The molecule has 0 atom stereocenters. The van der Waals surface area contributed by atoms with Crippen LogP contribution in [0.5, 0.6) is 5.75 Å². The zero-order valence-electron chi connectivity index (χ0n) is 17.3. The van der Waals surface area contributed by atoms with Gasteiger partial charge in [0.15, 0.2) is 0 Å². The third-order valence-electron chi connectivity index (χ3n) is 5.80. The van der Waals surface area contributed by atoms with Crippen LogP contribution in [0.25, 0.3) is 10.9 Å². The van der Waals surface area contributed by atoms with Crippen LogP contribution in [-0.2, 0) is 0 Å². The summed E-state index contributed by atoms with van der Waals surface area (Å²) >= 11 is 0. The van der Waals surface area contributed by atoms with E-state index in [1.807, 2.05) is 6.07 Å². The SMILES string of the molecule is COc1cc2ncc(C(=O)O)c(Nc3ccc(F)cc3F)c2cc1C1CCN(C)CC1. The first-order chi connectivity index (χ1) is 14.9. The highest BCUT2D eigenvalue weighted by atomic mass is 19.1. The average molecular weight is 427 g/mol. The molecule has 0 spiro atoms. The second kappa shape index (κ2) is 8.47. The number of nitrogens with one attached hydrogen (secondary N) is 1. The summed E-state index contributed by atoms with van der Waals surface area (Å²) < 4.78 is 33.2. The number of aromatic nitrogens is 1. The largest absolute Gasteiger partial charge is 0.496 e. The lowest BCUT2D eigenvalue weighted by atomic mass is 9.87. The van der Waals surface area contributed by atoms with E-state index in [1.165, 1.54) is 12.3 Å². The van der Waals surface area contributed by atoms with Gasteiger partial charge < -0.3 is 20.1 Å². The number of carbonyl (C=O) groups is 1. The number of aromatic carboxylic acids is 1. The van der Waals surface area contributed by atoms with Crippen molar-refractivity contribution in [1.82, 2.24) is 9.88 Å². The molecular weight excluding hydrogens is 404 g/mol. The molecule has 2 aromatic carbocycles. The number of pyridine rings is 1. The third-order valence-corrected chi connectivity index (χ3v) is 5.80. The van der Waals surface area contributed by atoms with Crippen LogP contribution in [0, 0.1) is 11.6 Å². The molecule has 3 aromatic rings. The lowest BCUT2D eigenvalue weighted by Gasteiger charge is -2.30. The molecule has 1 saturated heterocycles. The second-order valence-corrected chi connectivity index (χ2v) is 7.79. The van der Waals surface area contributed by atoms with Crippen LogP contribution in [-0.4, -0.2) is 48.2 Å². The molecule has 1 fully saturated rings. The van der Waals surface area contributed by atoms with Gasteiger partial charge in [-0.25, -0.2) is 13.6 Å². The molecule has 0 amide bonds. The lowest BCUT2D eigenvalue weighted by molar-refractivity contribution is 0.0697. The van der Waals surface area contributed by atoms with Crippen molar-refractivity contribution in [3.8, 4) is 5.75 Å². The Balaban J connectivity index is 1.88. The summed E-state index contributed by atoms with van der Waals surface area (Å²) in [6, 6.07) is 6.76. The minimum Gasteiger partial charge on any atom is -0.496 e. The monoisotopic (exact) mass is 427 g/mol. The molecule has 162 valence electrons. The molecule has 1 aromatic heterocycles. The minimum atomic E-state index is -1.20. The van der Waals surface area contributed by atoms with Crippen molar-refractivity contribution in [2.75, 3.05) is 32.6 Å². The third kappa shape index (κ3) is 4.16. The predicted octanol–water partition coefficient (Wildman–Crippen LogP) is 4.77. The van der Waals surface area contributed by atoms with E-state index in [-0.39, 0.29) is 22.9 Å². The Morgan fingerprint density at radius 2 is 1.97 bits per heavy atom. The van der Waals surface area contributed by atoms with Gasteiger partial charge in [0, 0.05) is 23.7 Å². The summed E-state index contributed by atoms with van der Waals surface area (Å²) in [5.74, 6) is -1.78. The number of likely N-dealkylation sites (tertiary alicyclic amines) is 1. The standard InChI is InChI=1S/C23H23F2N3O3/c1-28-7-5-13(6-8-28)15-10-16-20(11-21(15)31-2)26-12-17(23(29)30)22(16)27-19-4-3-14(24)9-18(19)25/h3-4,9-13H,5-8H2,1-2H3,(H,26,27)(H,29,30). The molecule has 0 unspecified atom stereocenters. The topological polar surface area (TPSA) is 74.7 Å². The molecule has 1 aliphatic rings. The fourth-order valence-electron chi connectivity index (χ4n) is 4.07. The van der Waals surface area contributed by atoms with E-state index < -0.39 is 17.6 Å². The summed E-state index contributed by atoms with van der Waals surface area (Å²) in [6.07, 6.45) is 3.11. The van der Waals surface area contributed by atoms with Crippen molar-refractivity contribution >= 4 is 28.2 Å². The smallest absolute Gasteiger partial charge is 0.339 e. The Kier molecular flexibility index (Phi) is 5.73. The molecule has 0 bridgehead atoms. The zero-order valence-corrected chi connectivity index (χ0v) is 17.3. The van der Waals surface area contributed by atoms with Gasteiger partial charge >= 0.3 is 5.97 Å². The number of methoxy groups -OCH3 is 1. The summed E-state index contributed by atoms with van der Waals surface area (Å²) in [6.45, 7) is 1.90. The number of carboxylic acids is 1. The van der Waals surface area contributed by atoms with Crippen LogP contribution in [0.2, 0.25) is 0 Å². The molecule has 0 saturated carbocycles. The van der Waals surface area contributed by atoms with E-state index in [1.54, 1.807) is 13.2 Å². The number of fused-ring (bicyclic) bond motifs is 1. The summed E-state index contributed by atoms with van der Waals surface area (Å²) in [7, 11) is 3.68. The highest BCUT2D eigenvalue weighted by Crippen LogP contribution is 2.39. The summed E-state index contributed by atoms with van der Waals surface area (Å²) in [5.41, 5.74) is 1.57. The molecule has 6 nitrogen and oxygen atoms in total. The van der Waals surface area contributed by atoms with Crippen molar-refractivity contribution in [3.63, 3.8) is 0 Å². The molecule has 0 aliphatic carbocycles. The fourth-order valence-corrected chi connectivity index (χ4v) is 4.07. The van der Waals surface area contributed by atoms with Crippen LogP contribution < -0.4 is 10.1 Å². The van der Waals surface area contributed by atoms with Gasteiger partial charge in [0.1, 0.15) is 22.9 Å². The van der Waals surface area contributed by atoms with E-state index in [9.17, 15) is 18.7 Å². The van der Waals surface area contributed by atoms with Crippen LogP contribution in [0.15, 0.2) is 36.5 Å². The number of benzene rings is 2. The maximum Gasteiger partial charge on any atom is 0.339 e. The van der Waals surface area contributed by atoms with Gasteiger partial charge in [-0.15, -0.1) is 0 Å². The van der Waals surface area contributed by atoms with Gasteiger partial charge in [-0.1, -0.05) is 0 Å². The molecule has 31 heavy (non-hydrogen) atoms. The first kappa shape index (κ1) is 21.0. The number of carboxylic acid groups (broad SMARTS) is 1. The summed E-state index contributed by atoms with van der Waals surface area (Å²) in [5, 5.41) is 13.1. The number of hydrogen-bond acceptors (Lipinski definition) is 5. The van der Waals surface area contributed by atoms with Crippen molar-refractivity contribution in [3.05, 3.63) is 59.3 Å². The van der Waals surface area contributed by atoms with E-state index in [0.717, 1.165) is 43.6 Å². The normalized spacial score (nSPS) is 15.2. The van der Waals surface area contributed by atoms with E-state index in [0.29, 0.717) is 16.7 Å². The van der Waals surface area contributed by atoms with Crippen LogP contribution in [0.3, 0.4) is 0 Å². The Morgan fingerprint density at radius 1 is 1.23 bits per heavy atom. The van der Waals surface area contributed by atoms with E-state index in [4.69, 9.17) is 4.74 Å². The number of nitrogens with zero attached hydrogens (tertiary/aromatic N) is 2. The van der Waals surface area contributed by atoms with Crippen LogP contribution >= 0.6 is 0 Å². The summed E-state index contributed by atoms with van der Waals surface area (Å²) in [4.78, 5) is 18.4. The minimum absolute atomic E-state index is 0.0203.